The van der Waals surface area contributed by atoms with E-state index in [4.69, 9.17) is 4.74 Å². The summed E-state index contributed by atoms with van der Waals surface area (Å²) in [6.07, 6.45) is 3.86. The number of amides is 2. The highest BCUT2D eigenvalue weighted by Crippen LogP contribution is 2.62. The molecule has 0 N–H and O–H groups in total. The Balaban J connectivity index is 0.991. The standard InChI is InChI=1S/C30H32FN9O3/c1-36-8-10-37(11-9-36)18-28(41)38-16-24-25(17-38)30(24,19-32)27-5-2-20(13-33-27)23-4-3-21(12-26(23)31)40-15-22(43-29(40)42)14-39-7-6-34-35-39/h2-7,12-13,22,24-25H,8-11,14-18H2,1H3/t22-,24-,25+,30+/m0/s1. The molecule has 12 nitrogen and oxygen atoms in total. The van der Waals surface area contributed by atoms with Crippen molar-refractivity contribution in [3.8, 4) is 17.2 Å². The van der Waals surface area contributed by atoms with E-state index in [2.05, 4.69) is 38.2 Å². The molecule has 1 aliphatic carbocycles. The molecule has 1 saturated carbocycles. The highest BCUT2D eigenvalue weighted by Gasteiger charge is 2.71. The number of halogens is 1. The van der Waals surface area contributed by atoms with E-state index in [-0.39, 0.29) is 24.3 Å². The molecular formula is C30H32FN9O3. The first kappa shape index (κ1) is 27.4. The fraction of sp³-hybridized carbons (Fsp3) is 0.467. The second-order valence-electron chi connectivity index (χ2n) is 11.9. The average molecular weight is 586 g/mol. The van der Waals surface area contributed by atoms with E-state index in [1.807, 2.05) is 4.90 Å². The summed E-state index contributed by atoms with van der Waals surface area (Å²) < 4.78 is 22.3. The highest BCUT2D eigenvalue weighted by molar-refractivity contribution is 5.90. The molecule has 0 radical (unpaired) electrons. The molecule has 13 heteroatoms. The number of rotatable bonds is 7. The molecule has 0 unspecified atom stereocenters. The fourth-order valence-corrected chi connectivity index (χ4v) is 6.80. The monoisotopic (exact) mass is 585 g/mol. The summed E-state index contributed by atoms with van der Waals surface area (Å²) >= 11 is 0. The van der Waals surface area contributed by atoms with E-state index in [1.54, 1.807) is 47.5 Å². The number of ether oxygens (including phenoxy) is 1. The number of piperazine rings is 1. The van der Waals surface area contributed by atoms with Gasteiger partial charge in [-0.25, -0.2) is 13.9 Å². The van der Waals surface area contributed by atoms with Gasteiger partial charge in [0.1, 0.15) is 17.3 Å². The van der Waals surface area contributed by atoms with Crippen LogP contribution in [0.3, 0.4) is 0 Å². The van der Waals surface area contributed by atoms with Crippen LogP contribution < -0.4 is 4.90 Å². The third-order valence-electron chi connectivity index (χ3n) is 9.37. The second kappa shape index (κ2) is 10.7. The number of likely N-dealkylation sites (N-methyl/N-ethyl adjacent to an activating group) is 1. The Morgan fingerprint density at radius 1 is 1.14 bits per heavy atom. The SMILES string of the molecule is CN1CCN(CC(=O)N2C[C@@H]3[C@H](C2)[C@@]3(C#N)c2ccc(-c3ccc(N4C[C@H](Cn5ccnn5)OC4=O)cc3F)cn2)CC1. The van der Waals surface area contributed by atoms with Gasteiger partial charge in [0.2, 0.25) is 5.91 Å². The number of pyridine rings is 1. The lowest BCUT2D eigenvalue weighted by Gasteiger charge is -2.33. The van der Waals surface area contributed by atoms with Crippen molar-refractivity contribution in [1.29, 1.82) is 5.26 Å². The fourth-order valence-electron chi connectivity index (χ4n) is 6.80. The zero-order valence-corrected chi connectivity index (χ0v) is 23.8. The largest absolute Gasteiger partial charge is 0.442 e. The summed E-state index contributed by atoms with van der Waals surface area (Å²) in [6, 6.07) is 10.7. The second-order valence-corrected chi connectivity index (χ2v) is 11.9. The van der Waals surface area contributed by atoms with Crippen molar-refractivity contribution in [2.75, 3.05) is 64.3 Å². The van der Waals surface area contributed by atoms with Crippen LogP contribution in [-0.2, 0) is 21.5 Å². The lowest BCUT2D eigenvalue weighted by molar-refractivity contribution is -0.132. The van der Waals surface area contributed by atoms with Gasteiger partial charge in [-0.15, -0.1) is 5.10 Å². The van der Waals surface area contributed by atoms with Crippen molar-refractivity contribution in [3.05, 3.63) is 60.4 Å². The highest BCUT2D eigenvalue weighted by atomic mass is 19.1. The van der Waals surface area contributed by atoms with Crippen LogP contribution in [0.4, 0.5) is 14.9 Å². The molecule has 5 heterocycles. The molecule has 43 heavy (non-hydrogen) atoms. The smallest absolute Gasteiger partial charge is 0.414 e. The van der Waals surface area contributed by atoms with Crippen LogP contribution in [0, 0.1) is 29.0 Å². The molecule has 1 aromatic carbocycles. The van der Waals surface area contributed by atoms with Gasteiger partial charge >= 0.3 is 6.09 Å². The number of fused-ring (bicyclic) bond motifs is 1. The Kier molecular flexibility index (Phi) is 6.82. The summed E-state index contributed by atoms with van der Waals surface area (Å²) in [6.45, 7) is 5.87. The van der Waals surface area contributed by atoms with Crippen molar-refractivity contribution >= 4 is 17.7 Å². The van der Waals surface area contributed by atoms with E-state index in [1.165, 1.54) is 11.0 Å². The van der Waals surface area contributed by atoms with Gasteiger partial charge in [0, 0.05) is 74.6 Å². The summed E-state index contributed by atoms with van der Waals surface area (Å²) in [5.74, 6) is -0.264. The van der Waals surface area contributed by atoms with Crippen LogP contribution in [0.1, 0.15) is 5.69 Å². The molecule has 3 saturated heterocycles. The summed E-state index contributed by atoms with van der Waals surface area (Å²) in [4.78, 5) is 37.8. The van der Waals surface area contributed by atoms with Gasteiger partial charge in [-0.2, -0.15) is 5.26 Å². The van der Waals surface area contributed by atoms with Crippen LogP contribution >= 0.6 is 0 Å². The third kappa shape index (κ3) is 4.90. The van der Waals surface area contributed by atoms with Gasteiger partial charge in [-0.05, 0) is 31.3 Å². The lowest BCUT2D eigenvalue weighted by Crippen LogP contribution is -2.49. The molecule has 222 valence electrons. The normalized spacial score (nSPS) is 27.2. The number of nitrogens with zero attached hydrogens (tertiary/aromatic N) is 9. The van der Waals surface area contributed by atoms with Crippen molar-refractivity contribution in [2.24, 2.45) is 11.8 Å². The molecule has 3 aliphatic heterocycles. The molecule has 2 aromatic heterocycles. The third-order valence-corrected chi connectivity index (χ3v) is 9.37. The average Bonchev–Trinajstić information content (AvgIpc) is 3.51. The summed E-state index contributed by atoms with van der Waals surface area (Å²) in [5.41, 5.74) is 1.26. The topological polar surface area (TPSA) is 124 Å². The van der Waals surface area contributed by atoms with E-state index < -0.39 is 23.4 Å². The molecule has 4 atom stereocenters. The van der Waals surface area contributed by atoms with Gasteiger partial charge < -0.3 is 14.5 Å². The molecular weight excluding hydrogens is 553 g/mol. The Morgan fingerprint density at radius 2 is 1.93 bits per heavy atom. The number of piperidine rings is 1. The molecule has 4 aliphatic rings. The first-order valence-electron chi connectivity index (χ1n) is 14.5. The van der Waals surface area contributed by atoms with Crippen molar-refractivity contribution in [1.82, 2.24) is 34.7 Å². The number of carbonyl (C=O) groups is 2. The van der Waals surface area contributed by atoms with Gasteiger partial charge in [-0.1, -0.05) is 11.3 Å². The number of benzene rings is 1. The number of hydrogen-bond acceptors (Lipinski definition) is 9. The zero-order chi connectivity index (χ0) is 29.7. The molecule has 3 aromatic rings. The maximum absolute atomic E-state index is 15.3. The molecule has 0 spiro atoms. The minimum atomic E-state index is -0.718. The van der Waals surface area contributed by atoms with E-state index in [0.29, 0.717) is 48.7 Å². The van der Waals surface area contributed by atoms with Crippen molar-refractivity contribution < 1.29 is 18.7 Å². The van der Waals surface area contributed by atoms with Crippen LogP contribution in [0.5, 0.6) is 0 Å². The lowest BCUT2D eigenvalue weighted by atomic mass is 9.95. The van der Waals surface area contributed by atoms with Crippen LogP contribution in [0.25, 0.3) is 11.1 Å². The quantitative estimate of drug-likeness (QED) is 0.407. The minimum Gasteiger partial charge on any atom is -0.442 e. The van der Waals surface area contributed by atoms with Crippen molar-refractivity contribution in [3.63, 3.8) is 0 Å². The number of carbonyl (C=O) groups excluding carboxylic acids is 2. The van der Waals surface area contributed by atoms with Gasteiger partial charge in [0.25, 0.3) is 0 Å². The Labute approximate surface area is 248 Å². The first-order valence-corrected chi connectivity index (χ1v) is 14.5. The van der Waals surface area contributed by atoms with E-state index >= 15 is 4.39 Å². The molecule has 4 fully saturated rings. The zero-order valence-electron chi connectivity index (χ0n) is 23.8. The van der Waals surface area contributed by atoms with Crippen LogP contribution in [-0.4, -0.2) is 112 Å². The number of anilines is 1. The van der Waals surface area contributed by atoms with Gasteiger partial charge in [0.15, 0.2) is 0 Å². The number of nitriles is 1. The number of likely N-dealkylation sites (tertiary alicyclic amines) is 1. The molecule has 0 bridgehead atoms. The minimum absolute atomic E-state index is 0.0527. The van der Waals surface area contributed by atoms with Crippen LogP contribution in [0.2, 0.25) is 0 Å². The molecule has 2 amide bonds. The predicted molar refractivity (Wildman–Crippen MR) is 152 cm³/mol. The predicted octanol–water partition coefficient (Wildman–Crippen LogP) is 1.60. The summed E-state index contributed by atoms with van der Waals surface area (Å²) in [7, 11) is 2.09. The van der Waals surface area contributed by atoms with Gasteiger partial charge in [0.05, 0.1) is 43.3 Å². The van der Waals surface area contributed by atoms with Gasteiger partial charge in [-0.3, -0.25) is 19.6 Å². The van der Waals surface area contributed by atoms with Crippen molar-refractivity contribution in [2.45, 2.75) is 18.1 Å². The Bertz CT molecular complexity index is 1550. The van der Waals surface area contributed by atoms with E-state index in [9.17, 15) is 14.9 Å². The Hall–Kier alpha value is -4.41. The maximum atomic E-state index is 15.3. The first-order chi connectivity index (χ1) is 20.9. The van der Waals surface area contributed by atoms with E-state index in [0.717, 1.165) is 26.2 Å². The Morgan fingerprint density at radius 3 is 2.58 bits per heavy atom. The van der Waals surface area contributed by atoms with Crippen LogP contribution in [0.15, 0.2) is 48.9 Å². The number of hydrogen-bond donors (Lipinski definition) is 0. The maximum Gasteiger partial charge on any atom is 0.414 e. The molecule has 7 rings (SSSR count). The summed E-state index contributed by atoms with van der Waals surface area (Å²) in [5, 5.41) is 17.8. The number of aromatic nitrogens is 4. The number of cyclic esters (lactones) is 1.